The van der Waals surface area contributed by atoms with E-state index in [2.05, 4.69) is 64.2 Å². The van der Waals surface area contributed by atoms with Gasteiger partial charge in [0.15, 0.2) is 12.5 Å². The van der Waals surface area contributed by atoms with E-state index in [1.807, 2.05) is 65.6 Å². The van der Waals surface area contributed by atoms with Gasteiger partial charge < -0.3 is 62.3 Å². The summed E-state index contributed by atoms with van der Waals surface area (Å²) in [7, 11) is -11.8. The molecule has 516 valence electrons. The number of hydrogen-bond donors (Lipinski definition) is 4. The Morgan fingerprint density at radius 3 is 1.29 bits per heavy atom. The van der Waals surface area contributed by atoms with Gasteiger partial charge >= 0.3 is 5.69 Å². The van der Waals surface area contributed by atoms with Crippen molar-refractivity contribution in [3.8, 4) is 0 Å². The lowest BCUT2D eigenvalue weighted by molar-refractivity contribution is -0.929. The topological polar surface area (TPSA) is 270 Å². The van der Waals surface area contributed by atoms with Crippen LogP contribution < -0.4 is 21.0 Å². The second-order valence-electron chi connectivity index (χ2n) is 24.3. The molecule has 0 radical (unpaired) electrons. The third-order valence-corrected chi connectivity index (χ3v) is 19.3. The van der Waals surface area contributed by atoms with Gasteiger partial charge in [0.05, 0.1) is 85.4 Å². The van der Waals surface area contributed by atoms with E-state index in [1.54, 1.807) is 30.3 Å². The van der Waals surface area contributed by atoms with Crippen molar-refractivity contribution in [1.82, 2.24) is 9.55 Å². The molecule has 91 heavy (non-hydrogen) atoms. The van der Waals surface area contributed by atoms with Gasteiger partial charge in [-0.05, 0) is 68.1 Å². The Labute approximate surface area is 542 Å². The Balaban J connectivity index is 0.000000424. The molecule has 2 fully saturated rings. The van der Waals surface area contributed by atoms with E-state index in [0.717, 1.165) is 28.0 Å². The zero-order chi connectivity index (χ0) is 66.6. The maximum Gasteiger partial charge on any atom is 0.330 e. The highest BCUT2D eigenvalue weighted by Gasteiger charge is 2.50. The number of unbranched alkanes of at least 4 members (excludes halogenated alkanes) is 8. The maximum atomic E-state index is 13.1. The van der Waals surface area contributed by atoms with E-state index in [4.69, 9.17) is 28.2 Å². The monoisotopic (exact) mass is 1320 g/mol. The molecule has 11 atom stereocenters. The third-order valence-electron chi connectivity index (χ3n) is 16.8. The SMILES string of the molecule is CCCC[N+](CCCC)(CCCC)CCCC.CCCC[N+](CCCC)(CCCC)CCCC.O=c1ccn([C@@H]2O[C@H](COP(=O)([O-])OP(=O)([O-])OC3O[C@H](COCc4ccccc4)[C@@H](OCc4ccccc4)[C@H](OCc4ccccc4)[C@H]3O)[C@@H](O)[C@H]2O)c(=O)[nH]1. The summed E-state index contributed by atoms with van der Waals surface area (Å²) >= 11 is 0. The van der Waals surface area contributed by atoms with Crippen LogP contribution in [0.2, 0.25) is 0 Å². The van der Waals surface area contributed by atoms with Gasteiger partial charge in [0.2, 0.25) is 0 Å². The number of aliphatic hydroxyl groups is 3. The Morgan fingerprint density at radius 1 is 0.495 bits per heavy atom. The van der Waals surface area contributed by atoms with Crippen LogP contribution in [0.15, 0.2) is 113 Å². The zero-order valence-corrected chi connectivity index (χ0v) is 57.6. The highest BCUT2D eigenvalue weighted by molar-refractivity contribution is 7.59. The van der Waals surface area contributed by atoms with Crippen LogP contribution in [0, 0.1) is 0 Å². The van der Waals surface area contributed by atoms with Crippen molar-refractivity contribution in [1.29, 1.82) is 0 Å². The zero-order valence-electron chi connectivity index (χ0n) is 55.8. The summed E-state index contributed by atoms with van der Waals surface area (Å²) in [4.78, 5) is 51.4. The van der Waals surface area contributed by atoms with Crippen molar-refractivity contribution in [3.63, 3.8) is 0 Å². The molecular formula is C68H112N4O17P2. The minimum atomic E-state index is -5.97. The molecule has 3 aromatic carbocycles. The predicted molar refractivity (Wildman–Crippen MR) is 350 cm³/mol. The lowest BCUT2D eigenvalue weighted by Gasteiger charge is -2.45. The smallest absolute Gasteiger partial charge is 0.330 e. The summed E-state index contributed by atoms with van der Waals surface area (Å²) < 4.78 is 72.9. The minimum Gasteiger partial charge on any atom is -0.756 e. The van der Waals surface area contributed by atoms with E-state index in [-0.39, 0.29) is 26.4 Å². The largest absolute Gasteiger partial charge is 0.756 e. The molecule has 0 bridgehead atoms. The number of ether oxygens (including phenoxy) is 5. The first-order valence-electron chi connectivity index (χ1n) is 33.7. The molecule has 0 spiro atoms. The normalized spacial score (nSPS) is 22.3. The molecule has 6 rings (SSSR count). The van der Waals surface area contributed by atoms with Crippen LogP contribution in [0.5, 0.6) is 0 Å². The Kier molecular flexibility index (Phi) is 37.9. The van der Waals surface area contributed by atoms with Crippen LogP contribution in [-0.2, 0) is 66.0 Å². The van der Waals surface area contributed by atoms with Gasteiger partial charge in [-0.2, -0.15) is 0 Å². The van der Waals surface area contributed by atoms with E-state index in [0.29, 0.717) is 5.56 Å². The summed E-state index contributed by atoms with van der Waals surface area (Å²) in [6.45, 7) is 28.8. The van der Waals surface area contributed by atoms with Crippen LogP contribution in [0.4, 0.5) is 0 Å². The average Bonchev–Trinajstić information content (AvgIpc) is 2.21. The number of nitrogens with one attached hydrogen (secondary N) is 1. The third kappa shape index (κ3) is 28.6. The molecule has 0 amide bonds. The van der Waals surface area contributed by atoms with E-state index in [9.17, 15) is 43.8 Å². The molecule has 23 heteroatoms. The lowest BCUT2D eigenvalue weighted by Crippen LogP contribution is -2.61. The number of hydrogen-bond acceptors (Lipinski definition) is 17. The Hall–Kier alpha value is -3.80. The molecule has 4 aromatic rings. The number of H-pyrrole nitrogens is 1. The Bertz CT molecular complexity index is 2640. The summed E-state index contributed by atoms with van der Waals surface area (Å²) in [5.41, 5.74) is 0.541. The second kappa shape index (κ2) is 43.3. The fourth-order valence-corrected chi connectivity index (χ4v) is 13.5. The van der Waals surface area contributed by atoms with Crippen molar-refractivity contribution in [2.24, 2.45) is 0 Å². The number of phosphoric ester groups is 2. The fraction of sp³-hybridized carbons (Fsp3) is 0.676. The summed E-state index contributed by atoms with van der Waals surface area (Å²) in [5.74, 6) is 0. The van der Waals surface area contributed by atoms with Crippen LogP contribution in [0.25, 0.3) is 0 Å². The van der Waals surface area contributed by atoms with Crippen molar-refractivity contribution in [2.75, 3.05) is 65.6 Å². The van der Waals surface area contributed by atoms with E-state index in [1.165, 1.54) is 164 Å². The number of aromatic nitrogens is 2. The van der Waals surface area contributed by atoms with Gasteiger partial charge in [-0.15, -0.1) is 0 Å². The number of rotatable bonds is 42. The molecule has 2 saturated heterocycles. The van der Waals surface area contributed by atoms with E-state index < -0.39 is 88.7 Å². The van der Waals surface area contributed by atoms with Gasteiger partial charge in [-0.3, -0.25) is 28.0 Å². The van der Waals surface area contributed by atoms with Gasteiger partial charge in [0, 0.05) is 12.3 Å². The number of nitrogens with zero attached hydrogens (tertiary/aromatic N) is 3. The number of aliphatic hydroxyl groups excluding tert-OH is 3. The van der Waals surface area contributed by atoms with Crippen molar-refractivity contribution in [3.05, 3.63) is 141 Å². The molecule has 3 heterocycles. The van der Waals surface area contributed by atoms with Crippen LogP contribution in [0.3, 0.4) is 0 Å². The van der Waals surface area contributed by atoms with Gasteiger partial charge in [-0.25, -0.2) is 9.11 Å². The van der Waals surface area contributed by atoms with Gasteiger partial charge in [-0.1, -0.05) is 198 Å². The summed E-state index contributed by atoms with van der Waals surface area (Å²) in [6, 6.07) is 28.0. The van der Waals surface area contributed by atoms with Crippen molar-refractivity contribution in [2.45, 2.75) is 233 Å². The van der Waals surface area contributed by atoms with Crippen LogP contribution in [-0.4, -0.2) is 148 Å². The number of quaternary nitrogens is 2. The average molecular weight is 1320 g/mol. The first-order valence-corrected chi connectivity index (χ1v) is 36.6. The number of benzene rings is 3. The molecule has 2 aliphatic heterocycles. The first kappa shape index (κ1) is 79.6. The number of aromatic amines is 1. The Morgan fingerprint density at radius 2 is 0.890 bits per heavy atom. The van der Waals surface area contributed by atoms with E-state index >= 15 is 0 Å². The summed E-state index contributed by atoms with van der Waals surface area (Å²) in [5, 5.41) is 32.4. The standard InChI is InChI=1S/C36H42N2O17P2.2C16H36N/c39-28-16-17-38(36(43)37-28)34-30(41)29(40)26(52-34)22-51-56(44,45)55-57(46,47)54-35-31(42)33(50-20-25-14-8-3-9-15-25)32(49-19-24-12-6-2-7-13-24)27(53-35)21-48-18-23-10-4-1-5-11-23;2*1-5-9-13-17(14-10-6-2,15-11-7-3)16-12-8-4/h1-17,26-27,29-35,40-42H,18-22H2,(H,44,45)(H,46,47)(H,37,39,43);2*5-16H2,1-4H3/q;2*+1/p-2/t26-,27-,29-,30-,31-,32-,33-,34-,35?;;/m1../s1. The van der Waals surface area contributed by atoms with Gasteiger partial charge in [0.25, 0.3) is 21.2 Å². The second-order valence-corrected chi connectivity index (χ2v) is 27.2. The number of phosphoric acid groups is 2. The predicted octanol–water partition coefficient (Wildman–Crippen LogP) is 10.6. The lowest BCUT2D eigenvalue weighted by atomic mass is 9.98. The molecular weight excluding hydrogens is 1210 g/mol. The van der Waals surface area contributed by atoms with Gasteiger partial charge in [0.1, 0.15) is 42.7 Å². The van der Waals surface area contributed by atoms with Crippen molar-refractivity contribution >= 4 is 15.6 Å². The molecule has 1 aromatic heterocycles. The first-order chi connectivity index (χ1) is 43.8. The van der Waals surface area contributed by atoms with Crippen LogP contribution >= 0.6 is 15.6 Å². The van der Waals surface area contributed by atoms with Crippen LogP contribution in [0.1, 0.15) is 181 Å². The summed E-state index contributed by atoms with van der Waals surface area (Å²) in [6.07, 6.45) is 8.69. The molecule has 0 aliphatic carbocycles. The molecule has 2 aliphatic rings. The molecule has 3 unspecified atom stereocenters. The highest BCUT2D eigenvalue weighted by atomic mass is 31.3. The quantitative estimate of drug-likeness (QED) is 0.0237. The fourth-order valence-electron chi connectivity index (χ4n) is 11.4. The maximum absolute atomic E-state index is 13.1. The molecule has 4 N–H and O–H groups in total. The molecule has 0 saturated carbocycles. The molecule has 21 nitrogen and oxygen atoms in total. The minimum absolute atomic E-state index is 0.0339. The highest BCUT2D eigenvalue weighted by Crippen LogP contribution is 2.57. The van der Waals surface area contributed by atoms with Crippen molar-refractivity contribution < 1.29 is 80.2 Å².